The van der Waals surface area contributed by atoms with Crippen LogP contribution in [0.4, 0.5) is 5.69 Å². The molecule has 1 fully saturated rings. The van der Waals surface area contributed by atoms with Crippen LogP contribution in [-0.4, -0.2) is 14.5 Å². The van der Waals surface area contributed by atoms with Gasteiger partial charge in [0.15, 0.2) is 0 Å². The Hall–Kier alpha value is -2.44. The van der Waals surface area contributed by atoms with E-state index in [0.29, 0.717) is 11.0 Å². The van der Waals surface area contributed by atoms with Crippen molar-refractivity contribution in [2.75, 3.05) is 0 Å². The summed E-state index contributed by atoms with van der Waals surface area (Å²) in [5.74, 6) is 0. The summed E-state index contributed by atoms with van der Waals surface area (Å²) < 4.78 is 1.51. The predicted octanol–water partition coefficient (Wildman–Crippen LogP) is 2.10. The minimum atomic E-state index is -0.728. The number of nitrogens with zero attached hydrogens (tertiary/aromatic N) is 2. The van der Waals surface area contributed by atoms with Gasteiger partial charge in [0.05, 0.1) is 16.0 Å². The van der Waals surface area contributed by atoms with Gasteiger partial charge >= 0.3 is 11.1 Å². The lowest BCUT2D eigenvalue weighted by atomic mass is 9.95. The van der Waals surface area contributed by atoms with E-state index in [1.165, 1.54) is 16.7 Å². The number of H-pyrrole nitrogens is 1. The second-order valence-electron chi connectivity index (χ2n) is 5.38. The third kappa shape index (κ3) is 2.35. The normalized spacial score (nSPS) is 16.2. The highest BCUT2D eigenvalue weighted by Gasteiger charge is 2.20. The Morgan fingerprint density at radius 2 is 1.90 bits per heavy atom. The third-order valence-electron chi connectivity index (χ3n) is 4.05. The van der Waals surface area contributed by atoms with Crippen molar-refractivity contribution < 1.29 is 4.92 Å². The number of aromatic nitrogens is 2. The number of non-ortho nitro benzene ring substituents is 1. The summed E-state index contributed by atoms with van der Waals surface area (Å²) in [6.45, 7) is 0. The lowest BCUT2D eigenvalue weighted by Gasteiger charge is -2.25. The van der Waals surface area contributed by atoms with E-state index in [-0.39, 0.29) is 11.7 Å². The van der Waals surface area contributed by atoms with Crippen molar-refractivity contribution >= 4 is 16.7 Å². The number of rotatable bonds is 2. The molecule has 0 radical (unpaired) electrons. The first-order chi connectivity index (χ1) is 10.1. The smallest absolute Gasteiger partial charge is 0.316 e. The molecule has 0 spiro atoms. The van der Waals surface area contributed by atoms with Crippen LogP contribution in [0.1, 0.15) is 38.1 Å². The number of nitrogens with one attached hydrogen (secondary N) is 1. The molecule has 1 aromatic carbocycles. The minimum Gasteiger partial charge on any atom is -0.316 e. The molecule has 3 rings (SSSR count). The van der Waals surface area contributed by atoms with E-state index >= 15 is 0 Å². The van der Waals surface area contributed by atoms with Gasteiger partial charge in [-0.25, -0.2) is 0 Å². The zero-order chi connectivity index (χ0) is 15.0. The van der Waals surface area contributed by atoms with Crippen molar-refractivity contribution in [2.24, 2.45) is 0 Å². The Labute approximate surface area is 119 Å². The van der Waals surface area contributed by atoms with E-state index in [1.807, 2.05) is 0 Å². The monoisotopic (exact) mass is 289 g/mol. The summed E-state index contributed by atoms with van der Waals surface area (Å²) in [7, 11) is 0. The van der Waals surface area contributed by atoms with Crippen molar-refractivity contribution in [3.63, 3.8) is 0 Å². The summed E-state index contributed by atoms with van der Waals surface area (Å²) in [4.78, 5) is 36.8. The molecule has 0 aliphatic heterocycles. The van der Waals surface area contributed by atoms with Gasteiger partial charge in [-0.1, -0.05) is 19.3 Å². The highest BCUT2D eigenvalue weighted by Crippen LogP contribution is 2.29. The highest BCUT2D eigenvalue weighted by atomic mass is 16.6. The van der Waals surface area contributed by atoms with Crippen LogP contribution in [0, 0.1) is 10.1 Å². The van der Waals surface area contributed by atoms with Gasteiger partial charge in [-0.2, -0.15) is 0 Å². The van der Waals surface area contributed by atoms with E-state index < -0.39 is 16.0 Å². The van der Waals surface area contributed by atoms with Gasteiger partial charge in [0.25, 0.3) is 5.69 Å². The first kappa shape index (κ1) is 13.5. The van der Waals surface area contributed by atoms with Gasteiger partial charge in [-0.15, -0.1) is 0 Å². The Morgan fingerprint density at radius 3 is 2.57 bits per heavy atom. The molecule has 7 heteroatoms. The maximum absolute atomic E-state index is 12.2. The van der Waals surface area contributed by atoms with Crippen LogP contribution in [-0.2, 0) is 0 Å². The standard InChI is InChI=1S/C14H15N3O4/c18-13-14(19)16(9-4-2-1-3-5-9)12-7-6-10(17(20)21)8-11(12)15-13/h6-9H,1-5H2,(H,15,18). The molecule has 1 aliphatic rings. The van der Waals surface area contributed by atoms with Crippen LogP contribution in [0.25, 0.3) is 11.0 Å². The molecule has 1 heterocycles. The number of hydrogen-bond donors (Lipinski definition) is 1. The van der Waals surface area contributed by atoms with E-state index in [1.54, 1.807) is 6.07 Å². The maximum Gasteiger partial charge on any atom is 0.316 e. The molecule has 21 heavy (non-hydrogen) atoms. The summed E-state index contributed by atoms with van der Waals surface area (Å²) in [6.07, 6.45) is 4.90. The van der Waals surface area contributed by atoms with Crippen LogP contribution in [0.15, 0.2) is 27.8 Å². The Kier molecular flexibility index (Phi) is 3.32. The fourth-order valence-electron chi connectivity index (χ4n) is 3.04. The largest absolute Gasteiger partial charge is 0.316 e. The molecular formula is C14H15N3O4. The quantitative estimate of drug-likeness (QED) is 0.520. The lowest BCUT2D eigenvalue weighted by molar-refractivity contribution is -0.384. The molecule has 0 atom stereocenters. The zero-order valence-electron chi connectivity index (χ0n) is 11.4. The van der Waals surface area contributed by atoms with Gasteiger partial charge < -0.3 is 4.98 Å². The van der Waals surface area contributed by atoms with Crippen LogP contribution < -0.4 is 11.1 Å². The van der Waals surface area contributed by atoms with Gasteiger partial charge in [0, 0.05) is 18.2 Å². The maximum atomic E-state index is 12.2. The molecule has 0 amide bonds. The third-order valence-corrected chi connectivity index (χ3v) is 4.05. The van der Waals surface area contributed by atoms with Gasteiger partial charge in [0.2, 0.25) is 0 Å². The Morgan fingerprint density at radius 1 is 1.19 bits per heavy atom. The second-order valence-corrected chi connectivity index (χ2v) is 5.38. The molecule has 1 aromatic heterocycles. The van der Waals surface area contributed by atoms with E-state index in [2.05, 4.69) is 4.98 Å². The number of nitro groups is 1. The first-order valence-corrected chi connectivity index (χ1v) is 7.01. The number of aromatic amines is 1. The van der Waals surface area contributed by atoms with Gasteiger partial charge in [-0.05, 0) is 18.9 Å². The predicted molar refractivity (Wildman–Crippen MR) is 77.6 cm³/mol. The Bertz CT molecular complexity index is 815. The summed E-state index contributed by atoms with van der Waals surface area (Å²) in [5.41, 5.74) is -0.528. The fraction of sp³-hybridized carbons (Fsp3) is 0.429. The molecule has 1 N–H and O–H groups in total. The first-order valence-electron chi connectivity index (χ1n) is 7.01. The summed E-state index contributed by atoms with van der Waals surface area (Å²) >= 11 is 0. The van der Waals surface area contributed by atoms with Crippen LogP contribution in [0.3, 0.4) is 0 Å². The van der Waals surface area contributed by atoms with Gasteiger partial charge in [-0.3, -0.25) is 24.3 Å². The van der Waals surface area contributed by atoms with Crippen molar-refractivity contribution in [3.05, 3.63) is 49.0 Å². The molecule has 0 unspecified atom stereocenters. The number of hydrogen-bond acceptors (Lipinski definition) is 4. The van der Waals surface area contributed by atoms with Crippen molar-refractivity contribution in [2.45, 2.75) is 38.1 Å². The molecule has 0 bridgehead atoms. The molecule has 7 nitrogen and oxygen atoms in total. The Balaban J connectivity index is 2.26. The fourth-order valence-corrected chi connectivity index (χ4v) is 3.04. The minimum absolute atomic E-state index is 0.00231. The number of nitro benzene ring substituents is 1. The number of benzene rings is 1. The van der Waals surface area contributed by atoms with Crippen molar-refractivity contribution in [1.29, 1.82) is 0 Å². The summed E-state index contributed by atoms with van der Waals surface area (Å²) in [5, 5.41) is 10.8. The van der Waals surface area contributed by atoms with E-state index in [9.17, 15) is 19.7 Å². The highest BCUT2D eigenvalue weighted by molar-refractivity contribution is 5.77. The van der Waals surface area contributed by atoms with Gasteiger partial charge in [0.1, 0.15) is 0 Å². The van der Waals surface area contributed by atoms with Crippen LogP contribution >= 0.6 is 0 Å². The number of fused-ring (bicyclic) bond motifs is 1. The molecular weight excluding hydrogens is 274 g/mol. The second kappa shape index (κ2) is 5.16. The van der Waals surface area contributed by atoms with Crippen molar-refractivity contribution in [1.82, 2.24) is 9.55 Å². The average Bonchev–Trinajstić information content (AvgIpc) is 2.49. The molecule has 1 saturated carbocycles. The zero-order valence-corrected chi connectivity index (χ0v) is 11.4. The molecule has 0 saturated heterocycles. The average molecular weight is 289 g/mol. The molecule has 1 aliphatic carbocycles. The van der Waals surface area contributed by atoms with Crippen molar-refractivity contribution in [3.8, 4) is 0 Å². The van der Waals surface area contributed by atoms with Crippen LogP contribution in [0.2, 0.25) is 0 Å². The van der Waals surface area contributed by atoms with E-state index in [0.717, 1.165) is 32.1 Å². The summed E-state index contributed by atoms with van der Waals surface area (Å²) in [6, 6.07) is 4.20. The SMILES string of the molecule is O=c1[nH]c2cc([N+](=O)[O-])ccc2n(C2CCCCC2)c1=O. The molecule has 110 valence electrons. The molecule has 2 aromatic rings. The van der Waals surface area contributed by atoms with E-state index in [4.69, 9.17) is 0 Å². The van der Waals surface area contributed by atoms with Crippen LogP contribution in [0.5, 0.6) is 0 Å². The topological polar surface area (TPSA) is 98.0 Å². The lowest BCUT2D eigenvalue weighted by Crippen LogP contribution is -2.38.